The normalized spacial score (nSPS) is 17.2. The van der Waals surface area contributed by atoms with Crippen LogP contribution in [0, 0.1) is 0 Å². The number of carbonyl (C=O) groups excluding carboxylic acids is 2. The third-order valence-corrected chi connectivity index (χ3v) is 5.58. The number of carbonyl (C=O) groups is 2. The van der Waals surface area contributed by atoms with Crippen LogP contribution in [-0.4, -0.2) is 38.1 Å². The topological polar surface area (TPSA) is 85.3 Å². The van der Waals surface area contributed by atoms with Crippen LogP contribution in [0.25, 0.3) is 5.76 Å². The number of ketones is 1. The lowest BCUT2D eigenvalue weighted by Crippen LogP contribution is -2.29. The van der Waals surface area contributed by atoms with E-state index in [2.05, 4.69) is 0 Å². The molecular formula is C26H23NO6. The average Bonchev–Trinajstić information content (AvgIpc) is 3.13. The van der Waals surface area contributed by atoms with Gasteiger partial charge in [0, 0.05) is 22.9 Å². The second kappa shape index (κ2) is 9.08. The van der Waals surface area contributed by atoms with Gasteiger partial charge in [-0.3, -0.25) is 14.5 Å². The maximum Gasteiger partial charge on any atom is 0.300 e. The number of methoxy groups -OCH3 is 3. The smallest absolute Gasteiger partial charge is 0.300 e. The number of aliphatic hydroxyl groups excluding tert-OH is 1. The Balaban J connectivity index is 1.97. The molecule has 1 heterocycles. The van der Waals surface area contributed by atoms with Crippen LogP contribution in [0.3, 0.4) is 0 Å². The molecule has 0 spiro atoms. The molecule has 0 bridgehead atoms. The highest BCUT2D eigenvalue weighted by molar-refractivity contribution is 6.51. The number of amides is 1. The molecule has 1 N–H and O–H groups in total. The Morgan fingerprint density at radius 3 is 2.06 bits per heavy atom. The van der Waals surface area contributed by atoms with Crippen LogP contribution in [0.4, 0.5) is 5.69 Å². The molecule has 0 radical (unpaired) electrons. The lowest BCUT2D eigenvalue weighted by Gasteiger charge is -2.27. The number of aliphatic hydroxyl groups is 1. The number of ether oxygens (including phenoxy) is 3. The summed E-state index contributed by atoms with van der Waals surface area (Å²) in [5, 5.41) is 11.1. The number of hydrogen-bond donors (Lipinski definition) is 1. The highest BCUT2D eigenvalue weighted by Crippen LogP contribution is 2.45. The van der Waals surface area contributed by atoms with Gasteiger partial charge < -0.3 is 19.3 Å². The monoisotopic (exact) mass is 445 g/mol. The third-order valence-electron chi connectivity index (χ3n) is 5.58. The first-order chi connectivity index (χ1) is 16.0. The van der Waals surface area contributed by atoms with Crippen molar-refractivity contribution in [1.82, 2.24) is 0 Å². The molecule has 33 heavy (non-hydrogen) atoms. The Morgan fingerprint density at radius 2 is 1.45 bits per heavy atom. The number of nitrogens with zero attached hydrogens (tertiary/aromatic N) is 1. The van der Waals surface area contributed by atoms with Crippen LogP contribution in [0.15, 0.2) is 78.4 Å². The first-order valence-electron chi connectivity index (χ1n) is 10.2. The molecule has 1 amide bonds. The molecule has 7 nitrogen and oxygen atoms in total. The minimum Gasteiger partial charge on any atom is -0.507 e. The van der Waals surface area contributed by atoms with Gasteiger partial charge in [0.15, 0.2) is 0 Å². The SMILES string of the molecule is COc1ccc(N2C(=O)C(=O)/C(=C(/O)c3ccccc3)[C@@H]2c2ccc(OC)cc2OC)cc1. The largest absolute Gasteiger partial charge is 0.507 e. The molecule has 0 aromatic heterocycles. The zero-order chi connectivity index (χ0) is 23.5. The van der Waals surface area contributed by atoms with E-state index in [0.717, 1.165) is 0 Å². The van der Waals surface area contributed by atoms with Gasteiger partial charge in [-0.05, 0) is 36.4 Å². The molecule has 0 saturated carbocycles. The van der Waals surface area contributed by atoms with Crippen molar-refractivity contribution in [1.29, 1.82) is 0 Å². The van der Waals surface area contributed by atoms with E-state index in [1.54, 1.807) is 79.9 Å². The molecule has 168 valence electrons. The summed E-state index contributed by atoms with van der Waals surface area (Å²) in [7, 11) is 4.58. The zero-order valence-electron chi connectivity index (χ0n) is 18.4. The van der Waals surface area contributed by atoms with Crippen molar-refractivity contribution in [2.75, 3.05) is 26.2 Å². The zero-order valence-corrected chi connectivity index (χ0v) is 18.4. The Bertz CT molecular complexity index is 1220. The Labute approximate surface area is 191 Å². The molecule has 4 rings (SSSR count). The highest BCUT2D eigenvalue weighted by atomic mass is 16.5. The van der Waals surface area contributed by atoms with Crippen LogP contribution >= 0.6 is 0 Å². The van der Waals surface area contributed by atoms with Crippen molar-refractivity contribution in [2.45, 2.75) is 6.04 Å². The molecule has 3 aromatic rings. The number of benzene rings is 3. The molecule has 1 aliphatic rings. The van der Waals surface area contributed by atoms with Gasteiger partial charge >= 0.3 is 0 Å². The van der Waals surface area contributed by atoms with Gasteiger partial charge in [-0.15, -0.1) is 0 Å². The van der Waals surface area contributed by atoms with Crippen molar-refractivity contribution >= 4 is 23.1 Å². The molecule has 7 heteroatoms. The minimum atomic E-state index is -0.917. The molecule has 1 aliphatic heterocycles. The van der Waals surface area contributed by atoms with Crippen molar-refractivity contribution in [3.63, 3.8) is 0 Å². The van der Waals surface area contributed by atoms with E-state index in [-0.39, 0.29) is 11.3 Å². The van der Waals surface area contributed by atoms with Gasteiger partial charge in [0.2, 0.25) is 0 Å². The van der Waals surface area contributed by atoms with E-state index < -0.39 is 17.7 Å². The van der Waals surface area contributed by atoms with E-state index in [1.165, 1.54) is 19.1 Å². The summed E-state index contributed by atoms with van der Waals surface area (Å²) < 4.78 is 16.1. The summed E-state index contributed by atoms with van der Waals surface area (Å²) in [6.07, 6.45) is 0. The molecule has 1 saturated heterocycles. The van der Waals surface area contributed by atoms with Crippen molar-refractivity contribution in [3.05, 3.63) is 89.5 Å². The molecular weight excluding hydrogens is 422 g/mol. The summed E-state index contributed by atoms with van der Waals surface area (Å²) in [6, 6.07) is 19.6. The second-order valence-electron chi connectivity index (χ2n) is 7.34. The van der Waals surface area contributed by atoms with E-state index in [9.17, 15) is 14.7 Å². The molecule has 1 fully saturated rings. The van der Waals surface area contributed by atoms with E-state index in [0.29, 0.717) is 34.1 Å². The Kier molecular flexibility index (Phi) is 6.04. The third kappa shape index (κ3) is 3.89. The number of hydrogen-bond acceptors (Lipinski definition) is 6. The summed E-state index contributed by atoms with van der Waals surface area (Å²) in [6.45, 7) is 0. The summed E-state index contributed by atoms with van der Waals surface area (Å²) in [5.41, 5.74) is 1.42. The fourth-order valence-corrected chi connectivity index (χ4v) is 3.93. The Morgan fingerprint density at radius 1 is 0.818 bits per heavy atom. The fraction of sp³-hybridized carbons (Fsp3) is 0.154. The first-order valence-corrected chi connectivity index (χ1v) is 10.2. The molecule has 0 unspecified atom stereocenters. The second-order valence-corrected chi connectivity index (χ2v) is 7.34. The van der Waals surface area contributed by atoms with Crippen LogP contribution in [0.2, 0.25) is 0 Å². The maximum atomic E-state index is 13.2. The van der Waals surface area contributed by atoms with Crippen molar-refractivity contribution in [3.8, 4) is 17.2 Å². The maximum absolute atomic E-state index is 13.2. The molecule has 0 aliphatic carbocycles. The lowest BCUT2D eigenvalue weighted by atomic mass is 9.94. The summed E-state index contributed by atoms with van der Waals surface area (Å²) in [4.78, 5) is 27.8. The number of rotatable bonds is 6. The van der Waals surface area contributed by atoms with Crippen LogP contribution in [0.5, 0.6) is 17.2 Å². The van der Waals surface area contributed by atoms with Gasteiger partial charge in [0.05, 0.1) is 32.9 Å². The van der Waals surface area contributed by atoms with E-state index >= 15 is 0 Å². The van der Waals surface area contributed by atoms with Crippen LogP contribution in [0.1, 0.15) is 17.2 Å². The van der Waals surface area contributed by atoms with Crippen LogP contribution in [-0.2, 0) is 9.59 Å². The molecule has 1 atom stereocenters. The number of Topliss-reactive ketones (excluding diaryl/α,β-unsaturated/α-hetero) is 1. The minimum absolute atomic E-state index is 0.0227. The van der Waals surface area contributed by atoms with Gasteiger partial charge in [-0.1, -0.05) is 30.3 Å². The van der Waals surface area contributed by atoms with Crippen molar-refractivity contribution < 1.29 is 28.9 Å². The van der Waals surface area contributed by atoms with Crippen LogP contribution < -0.4 is 19.1 Å². The van der Waals surface area contributed by atoms with Gasteiger partial charge in [-0.2, -0.15) is 0 Å². The average molecular weight is 445 g/mol. The Hall–Kier alpha value is -4.26. The van der Waals surface area contributed by atoms with Gasteiger partial charge in [-0.25, -0.2) is 0 Å². The van der Waals surface area contributed by atoms with E-state index in [1.807, 2.05) is 0 Å². The summed E-state index contributed by atoms with van der Waals surface area (Å²) in [5.74, 6) is -0.208. The quantitative estimate of drug-likeness (QED) is 0.345. The lowest BCUT2D eigenvalue weighted by molar-refractivity contribution is -0.132. The standard InChI is InChI=1S/C26H23NO6/c1-31-18-11-9-17(10-12-18)27-23(20-14-13-19(32-2)15-21(20)33-3)22(25(29)26(27)30)24(28)16-7-5-4-6-8-16/h4-15,23,28H,1-3H3/b24-22+/t23-/m0/s1. The highest BCUT2D eigenvalue weighted by Gasteiger charge is 2.48. The summed E-state index contributed by atoms with van der Waals surface area (Å²) >= 11 is 0. The first kappa shape index (κ1) is 22.0. The molecule has 3 aromatic carbocycles. The van der Waals surface area contributed by atoms with Gasteiger partial charge in [0.25, 0.3) is 11.7 Å². The fourth-order valence-electron chi connectivity index (χ4n) is 3.93. The predicted molar refractivity (Wildman–Crippen MR) is 124 cm³/mol. The van der Waals surface area contributed by atoms with Crippen molar-refractivity contribution in [2.24, 2.45) is 0 Å². The number of anilines is 1. The van der Waals surface area contributed by atoms with Gasteiger partial charge in [0.1, 0.15) is 23.0 Å². The predicted octanol–water partition coefficient (Wildman–Crippen LogP) is 4.34. The van der Waals surface area contributed by atoms with E-state index in [4.69, 9.17) is 14.2 Å².